The van der Waals surface area contributed by atoms with Crippen LogP contribution in [0.3, 0.4) is 0 Å². The molecule has 1 saturated carbocycles. The van der Waals surface area contributed by atoms with Gasteiger partial charge in [-0.15, -0.1) is 0 Å². The maximum Gasteiger partial charge on any atom is 0.247 e. The van der Waals surface area contributed by atoms with Gasteiger partial charge >= 0.3 is 0 Å². The van der Waals surface area contributed by atoms with Crippen molar-refractivity contribution in [2.45, 2.75) is 25.4 Å². The lowest BCUT2D eigenvalue weighted by Gasteiger charge is -2.21. The molecule has 1 aliphatic rings. The Morgan fingerprint density at radius 2 is 2.03 bits per heavy atom. The molecular weight excluding hydrogens is 378 g/mol. The molecule has 0 spiro atoms. The number of methoxy groups -OCH3 is 1. The molecular formula is C22H20F2N2O3. The highest BCUT2D eigenvalue weighted by Crippen LogP contribution is 2.30. The number of ether oxygens (including phenoxy) is 2. The summed E-state index contributed by atoms with van der Waals surface area (Å²) < 4.78 is 37.6. The lowest BCUT2D eigenvalue weighted by molar-refractivity contribution is -0.127. The predicted molar refractivity (Wildman–Crippen MR) is 103 cm³/mol. The van der Waals surface area contributed by atoms with Crippen LogP contribution < -0.4 is 9.47 Å². The summed E-state index contributed by atoms with van der Waals surface area (Å²) in [4.78, 5) is 14.3. The molecule has 150 valence electrons. The van der Waals surface area contributed by atoms with Crippen LogP contribution in [0.25, 0.3) is 6.08 Å². The first kappa shape index (κ1) is 20.3. The summed E-state index contributed by atoms with van der Waals surface area (Å²) in [5.74, 6) is -0.678. The maximum atomic E-state index is 14.0. The van der Waals surface area contributed by atoms with E-state index in [1.807, 2.05) is 6.07 Å². The van der Waals surface area contributed by atoms with E-state index in [2.05, 4.69) is 0 Å². The number of nitriles is 1. The zero-order valence-electron chi connectivity index (χ0n) is 15.9. The molecule has 0 bridgehead atoms. The number of benzene rings is 2. The highest BCUT2D eigenvalue weighted by atomic mass is 19.1. The second kappa shape index (κ2) is 9.20. The van der Waals surface area contributed by atoms with Crippen LogP contribution in [-0.4, -0.2) is 30.6 Å². The monoisotopic (exact) mass is 398 g/mol. The van der Waals surface area contributed by atoms with Crippen LogP contribution in [0.4, 0.5) is 8.78 Å². The average molecular weight is 398 g/mol. The number of hydrogen-bond acceptors (Lipinski definition) is 4. The quantitative estimate of drug-likeness (QED) is 0.629. The molecule has 7 heteroatoms. The number of carbonyl (C=O) groups is 1. The Hall–Kier alpha value is -3.40. The summed E-state index contributed by atoms with van der Waals surface area (Å²) in [6, 6.07) is 10.4. The lowest BCUT2D eigenvalue weighted by atomic mass is 10.1. The van der Waals surface area contributed by atoms with Crippen LogP contribution >= 0.6 is 0 Å². The number of nitrogens with zero attached hydrogens (tertiary/aromatic N) is 2. The average Bonchev–Trinajstić information content (AvgIpc) is 3.55. The zero-order valence-corrected chi connectivity index (χ0v) is 15.9. The van der Waals surface area contributed by atoms with Gasteiger partial charge in [-0.05, 0) is 42.7 Å². The number of rotatable bonds is 8. The Kier molecular flexibility index (Phi) is 6.45. The van der Waals surface area contributed by atoms with Crippen molar-refractivity contribution < 1.29 is 23.0 Å². The fourth-order valence-electron chi connectivity index (χ4n) is 2.89. The van der Waals surface area contributed by atoms with Crippen molar-refractivity contribution in [2.24, 2.45) is 0 Å². The largest absolute Gasteiger partial charge is 0.493 e. The highest BCUT2D eigenvalue weighted by Gasteiger charge is 2.32. The summed E-state index contributed by atoms with van der Waals surface area (Å²) in [7, 11) is 1.49. The van der Waals surface area contributed by atoms with E-state index >= 15 is 0 Å². The van der Waals surface area contributed by atoms with Gasteiger partial charge in [0.25, 0.3) is 0 Å². The molecule has 0 saturated heterocycles. The Bertz CT molecular complexity index is 965. The minimum absolute atomic E-state index is 0.0629. The third-order valence-electron chi connectivity index (χ3n) is 4.52. The van der Waals surface area contributed by atoms with Crippen molar-refractivity contribution in [3.05, 3.63) is 65.2 Å². The van der Waals surface area contributed by atoms with Gasteiger partial charge in [0.05, 0.1) is 7.11 Å². The molecule has 0 aliphatic heterocycles. The van der Waals surface area contributed by atoms with Gasteiger partial charge in [-0.1, -0.05) is 12.1 Å². The Morgan fingerprint density at radius 1 is 1.24 bits per heavy atom. The van der Waals surface area contributed by atoms with Gasteiger partial charge < -0.3 is 14.4 Å². The van der Waals surface area contributed by atoms with Gasteiger partial charge in [-0.25, -0.2) is 8.78 Å². The first-order valence-electron chi connectivity index (χ1n) is 9.12. The molecule has 5 nitrogen and oxygen atoms in total. The fourth-order valence-corrected chi connectivity index (χ4v) is 2.89. The van der Waals surface area contributed by atoms with E-state index in [1.165, 1.54) is 25.3 Å². The second-order valence-corrected chi connectivity index (χ2v) is 6.62. The smallest absolute Gasteiger partial charge is 0.247 e. The molecule has 0 radical (unpaired) electrons. The third kappa shape index (κ3) is 5.32. The molecule has 0 N–H and O–H groups in total. The fraction of sp³-hybridized carbons (Fsp3) is 0.273. The second-order valence-electron chi connectivity index (χ2n) is 6.62. The minimum Gasteiger partial charge on any atom is -0.493 e. The molecule has 0 aromatic heterocycles. The van der Waals surface area contributed by atoms with E-state index in [4.69, 9.17) is 14.7 Å². The molecule has 0 atom stereocenters. The van der Waals surface area contributed by atoms with Crippen LogP contribution in [0.1, 0.15) is 24.0 Å². The number of carbonyl (C=O) groups excluding carboxylic acids is 1. The first-order valence-corrected chi connectivity index (χ1v) is 9.12. The lowest BCUT2D eigenvalue weighted by Crippen LogP contribution is -2.31. The van der Waals surface area contributed by atoms with E-state index in [-0.39, 0.29) is 30.7 Å². The molecule has 0 unspecified atom stereocenters. The molecule has 1 amide bonds. The van der Waals surface area contributed by atoms with Gasteiger partial charge in [-0.3, -0.25) is 4.79 Å². The standard InChI is InChI=1S/C22H20F2N2O3/c1-28-21-12-15(2-8-20(21)29-11-10-25)3-9-22(27)26(18-6-7-18)14-16-4-5-17(23)13-19(16)24/h2-5,8-9,12-13,18H,6-7,11,14H2,1H3/b9-3+. The molecule has 29 heavy (non-hydrogen) atoms. The van der Waals surface area contributed by atoms with Crippen molar-refractivity contribution in [3.63, 3.8) is 0 Å². The number of amides is 1. The Morgan fingerprint density at radius 3 is 2.69 bits per heavy atom. The van der Waals surface area contributed by atoms with Crippen LogP contribution in [0, 0.1) is 23.0 Å². The van der Waals surface area contributed by atoms with Crippen LogP contribution in [0.5, 0.6) is 11.5 Å². The van der Waals surface area contributed by atoms with E-state index in [0.29, 0.717) is 17.1 Å². The summed E-state index contributed by atoms with van der Waals surface area (Å²) in [6.07, 6.45) is 4.78. The summed E-state index contributed by atoms with van der Waals surface area (Å²) in [5.41, 5.74) is 0.990. The van der Waals surface area contributed by atoms with Crippen LogP contribution in [0.15, 0.2) is 42.5 Å². The van der Waals surface area contributed by atoms with Crippen LogP contribution in [0.2, 0.25) is 0 Å². The predicted octanol–water partition coefficient (Wildman–Crippen LogP) is 4.08. The maximum absolute atomic E-state index is 14.0. The van der Waals surface area contributed by atoms with Gasteiger partial charge in [0, 0.05) is 30.3 Å². The summed E-state index contributed by atoms with van der Waals surface area (Å²) >= 11 is 0. The molecule has 3 rings (SSSR count). The van der Waals surface area contributed by atoms with E-state index < -0.39 is 11.6 Å². The molecule has 2 aromatic rings. The normalized spacial score (nSPS) is 13.2. The summed E-state index contributed by atoms with van der Waals surface area (Å²) in [6.45, 7) is -0.00939. The van der Waals surface area contributed by atoms with Gasteiger partial charge in [0.2, 0.25) is 5.91 Å². The van der Waals surface area contributed by atoms with Crippen molar-refractivity contribution >= 4 is 12.0 Å². The van der Waals surface area contributed by atoms with Crippen molar-refractivity contribution in [1.29, 1.82) is 5.26 Å². The first-order chi connectivity index (χ1) is 14.0. The Labute approximate surface area is 167 Å². The van der Waals surface area contributed by atoms with E-state index in [1.54, 1.807) is 29.2 Å². The highest BCUT2D eigenvalue weighted by molar-refractivity contribution is 5.92. The molecule has 1 aliphatic carbocycles. The molecule has 0 heterocycles. The topological polar surface area (TPSA) is 62.6 Å². The van der Waals surface area contributed by atoms with Gasteiger partial charge in [0.15, 0.2) is 18.1 Å². The minimum atomic E-state index is -0.662. The number of hydrogen-bond donors (Lipinski definition) is 0. The third-order valence-corrected chi connectivity index (χ3v) is 4.52. The summed E-state index contributed by atoms with van der Waals surface area (Å²) in [5, 5.41) is 8.62. The van der Waals surface area contributed by atoms with E-state index in [0.717, 1.165) is 18.9 Å². The van der Waals surface area contributed by atoms with Gasteiger partial charge in [-0.2, -0.15) is 5.26 Å². The number of halogens is 2. The van der Waals surface area contributed by atoms with Crippen LogP contribution in [-0.2, 0) is 11.3 Å². The van der Waals surface area contributed by atoms with Crippen molar-refractivity contribution in [2.75, 3.05) is 13.7 Å². The Balaban J connectivity index is 1.73. The van der Waals surface area contributed by atoms with Crippen molar-refractivity contribution in [1.82, 2.24) is 4.90 Å². The van der Waals surface area contributed by atoms with Gasteiger partial charge in [0.1, 0.15) is 17.7 Å². The molecule has 1 fully saturated rings. The van der Waals surface area contributed by atoms with E-state index in [9.17, 15) is 13.6 Å². The zero-order chi connectivity index (χ0) is 20.8. The SMILES string of the molecule is COc1cc(/C=C/C(=O)N(Cc2ccc(F)cc2F)C2CC2)ccc1OCC#N. The van der Waals surface area contributed by atoms with Crippen molar-refractivity contribution in [3.8, 4) is 17.6 Å². The molecule has 2 aromatic carbocycles.